The highest BCUT2D eigenvalue weighted by atomic mass is 32.7. The van der Waals surface area contributed by atoms with Gasteiger partial charge in [0.25, 0.3) is 0 Å². The summed E-state index contributed by atoms with van der Waals surface area (Å²) in [5.74, 6) is 1.55. The number of hydrogen-bond donors (Lipinski definition) is 0. The molecule has 0 fully saturated rings. The third-order valence-electron chi connectivity index (χ3n) is 0.128. The fraction of sp³-hybridized carbons (Fsp3) is 0. The van der Waals surface area contributed by atoms with Crippen LogP contribution in [0.15, 0.2) is 12.4 Å². The molecule has 0 spiro atoms. The van der Waals surface area contributed by atoms with Crippen LogP contribution in [0, 0.1) is 0 Å². The van der Waals surface area contributed by atoms with Crippen LogP contribution in [0.4, 0.5) is 3.89 Å². The Kier molecular flexibility index (Phi) is 4.85. The molecule has 0 aromatic rings. The van der Waals surface area contributed by atoms with E-state index in [0.29, 0.717) is 11.8 Å². The van der Waals surface area contributed by atoms with Gasteiger partial charge in [0.1, 0.15) is 0 Å². The Morgan fingerprint density at radius 1 is 2.00 bits per heavy atom. The molecule has 0 aliphatic heterocycles. The molecule has 0 N–H and O–H groups in total. The monoisotopic (exact) mass is 110 g/mol. The van der Waals surface area contributed by atoms with Gasteiger partial charge in [-0.1, -0.05) is 12.4 Å². The SMILES string of the molecule is C=CPSF. The van der Waals surface area contributed by atoms with Crippen LogP contribution in [0.3, 0.4) is 0 Å². The molecular formula is C2H4FPS. The van der Waals surface area contributed by atoms with E-state index in [-0.39, 0.29) is 7.78 Å². The first-order valence-electron chi connectivity index (χ1n) is 1.06. The van der Waals surface area contributed by atoms with Gasteiger partial charge < -0.3 is 0 Å². The van der Waals surface area contributed by atoms with Gasteiger partial charge in [-0.25, -0.2) is 0 Å². The Morgan fingerprint density at radius 2 is 2.60 bits per heavy atom. The highest BCUT2D eigenvalue weighted by Crippen LogP contribution is 2.29. The summed E-state index contributed by atoms with van der Waals surface area (Å²) < 4.78 is 10.9. The van der Waals surface area contributed by atoms with E-state index < -0.39 is 0 Å². The first-order chi connectivity index (χ1) is 2.41. The first kappa shape index (κ1) is 5.45. The molecule has 0 bridgehead atoms. The van der Waals surface area contributed by atoms with Crippen LogP contribution in [0.2, 0.25) is 0 Å². The van der Waals surface area contributed by atoms with Gasteiger partial charge in [-0.3, -0.25) is 0 Å². The topological polar surface area (TPSA) is 0 Å². The molecule has 0 nitrogen and oxygen atoms in total. The second-order valence-corrected chi connectivity index (χ2v) is 2.37. The molecule has 0 aromatic heterocycles. The molecule has 5 heavy (non-hydrogen) atoms. The normalized spacial score (nSPS) is 9.80. The van der Waals surface area contributed by atoms with Gasteiger partial charge in [0.05, 0.1) is 11.8 Å². The highest BCUT2D eigenvalue weighted by molar-refractivity contribution is 8.47. The van der Waals surface area contributed by atoms with Crippen molar-refractivity contribution >= 4 is 19.6 Å². The molecule has 0 aliphatic carbocycles. The van der Waals surface area contributed by atoms with Crippen molar-refractivity contribution < 1.29 is 3.89 Å². The fourth-order valence-electron chi connectivity index (χ4n) is 0.0315. The summed E-state index contributed by atoms with van der Waals surface area (Å²) >= 11 is 0.311. The van der Waals surface area contributed by atoms with E-state index in [4.69, 9.17) is 0 Å². The summed E-state index contributed by atoms with van der Waals surface area (Å²) in [6.45, 7) is 3.30. The number of rotatable bonds is 2. The van der Waals surface area contributed by atoms with Crippen molar-refractivity contribution in [3.05, 3.63) is 12.4 Å². The lowest BCUT2D eigenvalue weighted by Gasteiger charge is -1.68. The van der Waals surface area contributed by atoms with Crippen LogP contribution < -0.4 is 0 Å². The molecular weight excluding hydrogens is 106 g/mol. The van der Waals surface area contributed by atoms with Crippen LogP contribution in [0.1, 0.15) is 0 Å². The number of hydrogen-bond acceptors (Lipinski definition) is 1. The maximum atomic E-state index is 10.9. The lowest BCUT2D eigenvalue weighted by molar-refractivity contribution is 0.953. The van der Waals surface area contributed by atoms with Crippen molar-refractivity contribution in [2.24, 2.45) is 0 Å². The van der Waals surface area contributed by atoms with Crippen molar-refractivity contribution in [1.29, 1.82) is 0 Å². The fourth-order valence-corrected chi connectivity index (χ4v) is 0.283. The van der Waals surface area contributed by atoms with Crippen molar-refractivity contribution in [2.45, 2.75) is 0 Å². The maximum Gasteiger partial charge on any atom is 0.0710 e. The first-order valence-corrected chi connectivity index (χ1v) is 3.57. The van der Waals surface area contributed by atoms with E-state index in [1.807, 2.05) is 0 Å². The molecule has 1 unspecified atom stereocenters. The van der Waals surface area contributed by atoms with Crippen LogP contribution in [0.25, 0.3) is 0 Å². The molecule has 30 valence electrons. The van der Waals surface area contributed by atoms with Gasteiger partial charge in [0.2, 0.25) is 0 Å². The molecule has 0 rings (SSSR count). The minimum Gasteiger partial charge on any atom is -0.160 e. The maximum absolute atomic E-state index is 10.9. The molecule has 0 amide bonds. The summed E-state index contributed by atoms with van der Waals surface area (Å²) in [5, 5.41) is 0. The summed E-state index contributed by atoms with van der Waals surface area (Å²) in [4.78, 5) is 0. The van der Waals surface area contributed by atoms with Gasteiger partial charge in [-0.05, 0) is 7.78 Å². The highest BCUT2D eigenvalue weighted by Gasteiger charge is 1.66. The minimum absolute atomic E-state index is 0.211. The lowest BCUT2D eigenvalue weighted by Crippen LogP contribution is -1.13. The summed E-state index contributed by atoms with van der Waals surface area (Å²) in [5.41, 5.74) is 0. The minimum atomic E-state index is 0.211. The van der Waals surface area contributed by atoms with E-state index in [1.165, 1.54) is 0 Å². The van der Waals surface area contributed by atoms with Crippen molar-refractivity contribution in [2.75, 3.05) is 0 Å². The third kappa shape index (κ3) is 4.45. The largest absolute Gasteiger partial charge is 0.160 e. The molecule has 3 heteroatoms. The Bertz CT molecular complexity index is 30.8. The third-order valence-corrected chi connectivity index (χ3v) is 1.15. The lowest BCUT2D eigenvalue weighted by atomic mass is 11.3. The van der Waals surface area contributed by atoms with E-state index in [1.54, 1.807) is 5.82 Å². The molecule has 0 aromatic carbocycles. The van der Waals surface area contributed by atoms with Crippen LogP contribution >= 0.6 is 19.6 Å². The average Bonchev–Trinajstić information content (AvgIpc) is 1.41. The van der Waals surface area contributed by atoms with Crippen LogP contribution in [-0.2, 0) is 0 Å². The van der Waals surface area contributed by atoms with Crippen molar-refractivity contribution in [1.82, 2.24) is 0 Å². The molecule has 0 saturated heterocycles. The Labute approximate surface area is 36.7 Å². The van der Waals surface area contributed by atoms with E-state index in [9.17, 15) is 3.89 Å². The molecule has 1 atom stereocenters. The predicted molar refractivity (Wildman–Crippen MR) is 27.2 cm³/mol. The van der Waals surface area contributed by atoms with E-state index >= 15 is 0 Å². The summed E-state index contributed by atoms with van der Waals surface area (Å²) in [6, 6.07) is 0. The zero-order chi connectivity index (χ0) is 4.12. The van der Waals surface area contributed by atoms with Crippen LogP contribution in [0.5, 0.6) is 0 Å². The van der Waals surface area contributed by atoms with Crippen LogP contribution in [-0.4, -0.2) is 0 Å². The standard InChI is InChI=1S/C2H4FPS/c1-2-4-5-3/h2,4H,1H2. The summed E-state index contributed by atoms with van der Waals surface area (Å²) in [6.07, 6.45) is 0. The van der Waals surface area contributed by atoms with E-state index in [2.05, 4.69) is 6.58 Å². The average molecular weight is 110 g/mol. The van der Waals surface area contributed by atoms with Gasteiger partial charge in [0.15, 0.2) is 0 Å². The molecule has 0 saturated carbocycles. The van der Waals surface area contributed by atoms with Crippen molar-refractivity contribution in [3.63, 3.8) is 0 Å². The Balaban J connectivity index is 2.40. The molecule has 0 aliphatic rings. The quantitative estimate of drug-likeness (QED) is 0.491. The Hall–Kier alpha value is 0.450. The van der Waals surface area contributed by atoms with Gasteiger partial charge in [-0.15, -0.1) is 0 Å². The second kappa shape index (κ2) is 4.45. The molecule has 0 radical (unpaired) electrons. The van der Waals surface area contributed by atoms with Crippen molar-refractivity contribution in [3.8, 4) is 0 Å². The molecule has 0 heterocycles. The summed E-state index contributed by atoms with van der Waals surface area (Å²) in [7, 11) is 0.211. The van der Waals surface area contributed by atoms with Gasteiger partial charge in [0, 0.05) is 0 Å². The number of halogens is 1. The zero-order valence-electron chi connectivity index (χ0n) is 2.57. The zero-order valence-corrected chi connectivity index (χ0v) is 4.39. The Morgan fingerprint density at radius 3 is 2.60 bits per heavy atom. The second-order valence-electron chi connectivity index (χ2n) is 0.399. The van der Waals surface area contributed by atoms with E-state index in [0.717, 1.165) is 0 Å². The van der Waals surface area contributed by atoms with Gasteiger partial charge >= 0.3 is 0 Å². The smallest absolute Gasteiger partial charge is 0.0710 e. The van der Waals surface area contributed by atoms with Gasteiger partial charge in [-0.2, -0.15) is 3.89 Å². The predicted octanol–water partition coefficient (Wildman–Crippen LogP) is 2.34.